The minimum absolute atomic E-state index is 0.0616. The first-order chi connectivity index (χ1) is 13.9. The van der Waals surface area contributed by atoms with Crippen LogP contribution in [0.2, 0.25) is 0 Å². The molecule has 1 amide bonds. The van der Waals surface area contributed by atoms with Crippen LogP contribution < -0.4 is 10.6 Å². The molecule has 1 saturated carbocycles. The highest BCUT2D eigenvalue weighted by atomic mass is 79.9. The van der Waals surface area contributed by atoms with Crippen molar-refractivity contribution >= 4 is 39.2 Å². The van der Waals surface area contributed by atoms with Gasteiger partial charge in [-0.05, 0) is 48.7 Å². The van der Waals surface area contributed by atoms with Gasteiger partial charge in [0.25, 0.3) is 0 Å². The van der Waals surface area contributed by atoms with Gasteiger partial charge in [0, 0.05) is 23.7 Å². The van der Waals surface area contributed by atoms with E-state index >= 15 is 0 Å². The molecule has 0 aliphatic heterocycles. The molecule has 154 valence electrons. The Morgan fingerprint density at radius 2 is 2.28 bits per heavy atom. The summed E-state index contributed by atoms with van der Waals surface area (Å²) >= 11 is 3.39. The molecule has 3 atom stereocenters. The molecular formula is C18H21BrFN7O2. The van der Waals surface area contributed by atoms with E-state index in [0.29, 0.717) is 30.2 Å². The number of ether oxygens (including phenoxy) is 1. The fourth-order valence-electron chi connectivity index (χ4n) is 3.48. The molecule has 0 spiro atoms. The van der Waals surface area contributed by atoms with Crippen LogP contribution in [-0.2, 0) is 4.74 Å². The molecule has 3 heterocycles. The zero-order chi connectivity index (χ0) is 20.5. The molecule has 29 heavy (non-hydrogen) atoms. The number of aromatic amines is 1. The molecule has 0 unspecified atom stereocenters. The standard InChI is InChI=1S/C18H21BrFN7O2/c1-9(2)23-18(28)29-13-4-3-10(16(13)20)11-7-15(26-25-11)24-17-12-5-6-22-27(12)14(19)8-21-17/h5-10,13,16H,3-4H2,1-2H3,(H,23,28)(H2,21,24,25,26)/t10-,13-,16+/m1/s1. The predicted octanol–water partition coefficient (Wildman–Crippen LogP) is 3.68. The van der Waals surface area contributed by atoms with E-state index in [0.717, 1.165) is 10.1 Å². The van der Waals surface area contributed by atoms with Crippen LogP contribution in [-0.4, -0.2) is 49.2 Å². The number of amides is 1. The largest absolute Gasteiger partial charge is 0.443 e. The lowest BCUT2D eigenvalue weighted by Gasteiger charge is -2.18. The van der Waals surface area contributed by atoms with Gasteiger partial charge in [0.05, 0.1) is 12.4 Å². The van der Waals surface area contributed by atoms with Crippen molar-refractivity contribution in [3.8, 4) is 0 Å². The lowest BCUT2D eigenvalue weighted by Crippen LogP contribution is -2.36. The molecule has 1 aliphatic carbocycles. The summed E-state index contributed by atoms with van der Waals surface area (Å²) in [5.41, 5.74) is 1.43. The normalized spacial score (nSPS) is 21.6. The first-order valence-electron chi connectivity index (χ1n) is 9.34. The van der Waals surface area contributed by atoms with Gasteiger partial charge in [-0.15, -0.1) is 0 Å². The van der Waals surface area contributed by atoms with Gasteiger partial charge in [-0.3, -0.25) is 5.10 Å². The molecule has 3 aromatic heterocycles. The Morgan fingerprint density at radius 3 is 3.07 bits per heavy atom. The van der Waals surface area contributed by atoms with Crippen LogP contribution in [0.25, 0.3) is 5.52 Å². The number of nitrogens with one attached hydrogen (secondary N) is 3. The summed E-state index contributed by atoms with van der Waals surface area (Å²) in [5.74, 6) is 0.688. The van der Waals surface area contributed by atoms with E-state index in [2.05, 4.69) is 46.8 Å². The maximum absolute atomic E-state index is 14.9. The number of rotatable bonds is 5. The van der Waals surface area contributed by atoms with Gasteiger partial charge in [0.2, 0.25) is 0 Å². The minimum atomic E-state index is -1.30. The summed E-state index contributed by atoms with van der Waals surface area (Å²) in [6.07, 6.45) is 1.67. The van der Waals surface area contributed by atoms with E-state index in [4.69, 9.17) is 4.74 Å². The maximum atomic E-state index is 14.9. The Morgan fingerprint density at radius 1 is 1.45 bits per heavy atom. The molecule has 3 aromatic rings. The molecule has 0 saturated heterocycles. The van der Waals surface area contributed by atoms with E-state index < -0.39 is 24.3 Å². The average Bonchev–Trinajstić information content (AvgIpc) is 3.38. The topological polar surface area (TPSA) is 109 Å². The number of H-pyrrole nitrogens is 1. The van der Waals surface area contributed by atoms with Gasteiger partial charge >= 0.3 is 6.09 Å². The Bertz CT molecular complexity index is 1020. The van der Waals surface area contributed by atoms with Crippen molar-refractivity contribution in [1.82, 2.24) is 30.1 Å². The molecule has 4 rings (SSSR count). The number of alkyl carbamates (subject to hydrolysis) is 1. The lowest BCUT2D eigenvalue weighted by molar-refractivity contribution is 0.0555. The maximum Gasteiger partial charge on any atom is 0.407 e. The van der Waals surface area contributed by atoms with Crippen LogP contribution in [0.5, 0.6) is 0 Å². The van der Waals surface area contributed by atoms with Crippen molar-refractivity contribution in [2.24, 2.45) is 0 Å². The van der Waals surface area contributed by atoms with E-state index in [1.165, 1.54) is 0 Å². The number of carbonyl (C=O) groups excluding carboxylic acids is 1. The van der Waals surface area contributed by atoms with Crippen LogP contribution in [0.1, 0.15) is 38.3 Å². The van der Waals surface area contributed by atoms with Gasteiger partial charge in [0.1, 0.15) is 22.4 Å². The Labute approximate surface area is 174 Å². The van der Waals surface area contributed by atoms with Crippen LogP contribution in [0, 0.1) is 0 Å². The smallest absolute Gasteiger partial charge is 0.407 e. The molecular weight excluding hydrogens is 445 g/mol. The van der Waals surface area contributed by atoms with Crippen molar-refractivity contribution in [2.75, 3.05) is 5.32 Å². The molecule has 3 N–H and O–H groups in total. The monoisotopic (exact) mass is 465 g/mol. The van der Waals surface area contributed by atoms with Crippen molar-refractivity contribution in [3.05, 3.63) is 34.8 Å². The summed E-state index contributed by atoms with van der Waals surface area (Å²) < 4.78 is 22.5. The number of halogens is 2. The number of fused-ring (bicyclic) bond motifs is 1. The molecule has 0 bridgehead atoms. The van der Waals surface area contributed by atoms with E-state index in [-0.39, 0.29) is 6.04 Å². The fraction of sp³-hybridized carbons (Fsp3) is 0.444. The second kappa shape index (κ2) is 7.97. The second-order valence-electron chi connectivity index (χ2n) is 7.26. The third-order valence-corrected chi connectivity index (χ3v) is 5.34. The van der Waals surface area contributed by atoms with Gasteiger partial charge in [0.15, 0.2) is 11.6 Å². The summed E-state index contributed by atoms with van der Waals surface area (Å²) in [4.78, 5) is 16.1. The van der Waals surface area contributed by atoms with Crippen LogP contribution >= 0.6 is 15.9 Å². The molecule has 11 heteroatoms. The summed E-state index contributed by atoms with van der Waals surface area (Å²) in [5, 5.41) is 17.1. The highest BCUT2D eigenvalue weighted by Gasteiger charge is 2.40. The van der Waals surface area contributed by atoms with Gasteiger partial charge in [-0.1, -0.05) is 0 Å². The van der Waals surface area contributed by atoms with E-state index in [1.54, 1.807) is 23.0 Å². The van der Waals surface area contributed by atoms with Crippen molar-refractivity contribution in [2.45, 2.75) is 50.9 Å². The number of hydrogen-bond acceptors (Lipinski definition) is 6. The van der Waals surface area contributed by atoms with Gasteiger partial charge < -0.3 is 15.4 Å². The molecule has 1 aliphatic rings. The SMILES string of the molecule is CC(C)NC(=O)O[C@@H]1CC[C@H](c2cc(Nc3ncc(Br)n4nccc34)n[nH]2)[C@@H]1F. The Hall–Kier alpha value is -2.69. The summed E-state index contributed by atoms with van der Waals surface area (Å²) in [6.45, 7) is 3.64. The van der Waals surface area contributed by atoms with E-state index in [1.807, 2.05) is 19.9 Å². The second-order valence-corrected chi connectivity index (χ2v) is 8.07. The number of anilines is 2. The minimum Gasteiger partial charge on any atom is -0.443 e. The van der Waals surface area contributed by atoms with Crippen LogP contribution in [0.3, 0.4) is 0 Å². The van der Waals surface area contributed by atoms with Gasteiger partial charge in [-0.2, -0.15) is 10.2 Å². The Balaban J connectivity index is 1.44. The van der Waals surface area contributed by atoms with E-state index in [9.17, 15) is 9.18 Å². The molecule has 1 fully saturated rings. The number of nitrogens with zero attached hydrogens (tertiary/aromatic N) is 4. The third-order valence-electron chi connectivity index (χ3n) is 4.80. The highest BCUT2D eigenvalue weighted by Crippen LogP contribution is 2.38. The zero-order valence-corrected chi connectivity index (χ0v) is 17.5. The van der Waals surface area contributed by atoms with Crippen LogP contribution in [0.4, 0.5) is 20.8 Å². The number of hydrogen-bond donors (Lipinski definition) is 3. The summed E-state index contributed by atoms with van der Waals surface area (Å²) in [7, 11) is 0. The first-order valence-corrected chi connectivity index (χ1v) is 10.1. The number of alkyl halides is 1. The fourth-order valence-corrected chi connectivity index (χ4v) is 3.86. The molecule has 0 radical (unpaired) electrons. The Kier molecular flexibility index (Phi) is 5.39. The van der Waals surface area contributed by atoms with Crippen molar-refractivity contribution in [1.29, 1.82) is 0 Å². The zero-order valence-electron chi connectivity index (χ0n) is 15.9. The predicted molar refractivity (Wildman–Crippen MR) is 108 cm³/mol. The average molecular weight is 466 g/mol. The third kappa shape index (κ3) is 4.04. The van der Waals surface area contributed by atoms with Gasteiger partial charge in [-0.25, -0.2) is 18.7 Å². The number of carbonyl (C=O) groups is 1. The number of aromatic nitrogens is 5. The first kappa shape index (κ1) is 19.6. The van der Waals surface area contributed by atoms with Crippen LogP contribution in [0.15, 0.2) is 29.1 Å². The molecule has 9 nitrogen and oxygen atoms in total. The highest BCUT2D eigenvalue weighted by molar-refractivity contribution is 9.10. The molecule has 0 aromatic carbocycles. The van der Waals surface area contributed by atoms with Crippen molar-refractivity contribution < 1.29 is 13.9 Å². The van der Waals surface area contributed by atoms with Crippen molar-refractivity contribution in [3.63, 3.8) is 0 Å². The quantitative estimate of drug-likeness (QED) is 0.530. The summed E-state index contributed by atoms with van der Waals surface area (Å²) in [6, 6.07) is 3.52. The lowest BCUT2D eigenvalue weighted by atomic mass is 10.0.